The summed E-state index contributed by atoms with van der Waals surface area (Å²) in [6, 6.07) is 0.225. The van der Waals surface area contributed by atoms with Gasteiger partial charge in [0, 0.05) is 25.7 Å². The van der Waals surface area contributed by atoms with Crippen LogP contribution in [0.3, 0.4) is 0 Å². The molecule has 0 aromatic rings. The summed E-state index contributed by atoms with van der Waals surface area (Å²) in [4.78, 5) is 30.1. The van der Waals surface area contributed by atoms with Gasteiger partial charge in [-0.2, -0.15) is 0 Å². The Balaban J connectivity index is 0.00000312. The summed E-state index contributed by atoms with van der Waals surface area (Å²) in [5.41, 5.74) is -0.751. The summed E-state index contributed by atoms with van der Waals surface area (Å²) >= 11 is 0. The minimum absolute atomic E-state index is 0. The van der Waals surface area contributed by atoms with Gasteiger partial charge in [-0.15, -0.1) is 24.0 Å². The van der Waals surface area contributed by atoms with Gasteiger partial charge >= 0.3 is 6.03 Å². The molecule has 8 heteroatoms. The highest BCUT2D eigenvalue weighted by atomic mass is 127. The van der Waals surface area contributed by atoms with Gasteiger partial charge in [0.25, 0.3) is 5.91 Å². The molecule has 1 saturated heterocycles. The van der Waals surface area contributed by atoms with E-state index < -0.39 is 5.54 Å². The zero-order valence-corrected chi connectivity index (χ0v) is 17.9. The predicted molar refractivity (Wildman–Crippen MR) is 110 cm³/mol. The Bertz CT molecular complexity index is 493. The molecule has 0 spiro atoms. The number of carbonyl (C=O) groups is 2. The van der Waals surface area contributed by atoms with Crippen LogP contribution in [0, 0.1) is 0 Å². The lowest BCUT2D eigenvalue weighted by Gasteiger charge is -2.19. The van der Waals surface area contributed by atoms with Crippen LogP contribution >= 0.6 is 24.0 Å². The standard InChI is InChI=1S/C17H31N5O2.HI/c1-4-17(3)14(23)22(16(24)21-17)12-8-11-19-15(18-5-2)20-13-9-6-7-10-13;/h13H,4-12H2,1-3H3,(H,21,24)(H2,18,19,20);1H. The van der Waals surface area contributed by atoms with E-state index in [9.17, 15) is 9.59 Å². The van der Waals surface area contributed by atoms with Crippen LogP contribution in [0.5, 0.6) is 0 Å². The second kappa shape index (κ2) is 10.2. The Morgan fingerprint density at radius 2 is 2.00 bits per heavy atom. The number of aliphatic imine (C=N–C) groups is 1. The van der Waals surface area contributed by atoms with E-state index in [2.05, 4.69) is 20.9 Å². The first-order chi connectivity index (χ1) is 11.5. The first-order valence-electron chi connectivity index (χ1n) is 9.19. The molecule has 0 bridgehead atoms. The Labute approximate surface area is 167 Å². The topological polar surface area (TPSA) is 85.8 Å². The molecule has 3 amide bonds. The maximum Gasteiger partial charge on any atom is 0.325 e. The molecule has 1 aliphatic heterocycles. The fourth-order valence-corrected chi connectivity index (χ4v) is 3.19. The average molecular weight is 465 g/mol. The lowest BCUT2D eigenvalue weighted by Crippen LogP contribution is -2.43. The number of nitrogens with zero attached hydrogens (tertiary/aromatic N) is 2. The summed E-state index contributed by atoms with van der Waals surface area (Å²) in [5.74, 6) is 0.704. The molecule has 1 unspecified atom stereocenters. The monoisotopic (exact) mass is 465 g/mol. The van der Waals surface area contributed by atoms with E-state index in [1.54, 1.807) is 6.92 Å². The third-order valence-electron chi connectivity index (χ3n) is 4.90. The van der Waals surface area contributed by atoms with Crippen molar-refractivity contribution in [2.45, 2.75) is 70.9 Å². The molecule has 0 aromatic carbocycles. The fourth-order valence-electron chi connectivity index (χ4n) is 3.19. The highest BCUT2D eigenvalue weighted by Crippen LogP contribution is 2.21. The van der Waals surface area contributed by atoms with Gasteiger partial charge in [-0.3, -0.25) is 14.7 Å². The first kappa shape index (κ1) is 22.0. The maximum absolute atomic E-state index is 12.3. The zero-order chi connectivity index (χ0) is 17.6. The van der Waals surface area contributed by atoms with E-state index in [0.29, 0.717) is 32.0 Å². The molecule has 1 aliphatic carbocycles. The summed E-state index contributed by atoms with van der Waals surface area (Å²) in [6.45, 7) is 7.54. The molecule has 1 atom stereocenters. The third kappa shape index (κ3) is 5.72. The van der Waals surface area contributed by atoms with E-state index >= 15 is 0 Å². The largest absolute Gasteiger partial charge is 0.357 e. The van der Waals surface area contributed by atoms with E-state index in [1.807, 2.05) is 13.8 Å². The maximum atomic E-state index is 12.3. The highest BCUT2D eigenvalue weighted by Gasteiger charge is 2.45. The number of guanidine groups is 1. The molecule has 0 aromatic heterocycles. The van der Waals surface area contributed by atoms with E-state index in [-0.39, 0.29) is 35.9 Å². The molecule has 0 radical (unpaired) electrons. The van der Waals surface area contributed by atoms with Crippen LogP contribution < -0.4 is 16.0 Å². The molecular formula is C17H32IN5O2. The molecule has 1 saturated carbocycles. The van der Waals surface area contributed by atoms with Crippen molar-refractivity contribution in [2.24, 2.45) is 4.99 Å². The number of amides is 3. The van der Waals surface area contributed by atoms with Crippen LogP contribution in [-0.2, 0) is 4.79 Å². The molecule has 7 nitrogen and oxygen atoms in total. The molecule has 25 heavy (non-hydrogen) atoms. The molecule has 1 heterocycles. The van der Waals surface area contributed by atoms with Crippen molar-refractivity contribution in [3.8, 4) is 0 Å². The van der Waals surface area contributed by atoms with Gasteiger partial charge in [-0.05, 0) is 39.5 Å². The molecule has 2 aliphatic rings. The second-order valence-electron chi connectivity index (χ2n) is 6.81. The van der Waals surface area contributed by atoms with Crippen molar-refractivity contribution in [2.75, 3.05) is 19.6 Å². The smallest absolute Gasteiger partial charge is 0.325 e. The minimum atomic E-state index is -0.751. The zero-order valence-electron chi connectivity index (χ0n) is 15.6. The molecular weight excluding hydrogens is 433 g/mol. The molecule has 2 fully saturated rings. The Morgan fingerprint density at radius 3 is 2.56 bits per heavy atom. The second-order valence-corrected chi connectivity index (χ2v) is 6.81. The van der Waals surface area contributed by atoms with Gasteiger partial charge in [0.1, 0.15) is 5.54 Å². The number of hydrogen-bond donors (Lipinski definition) is 3. The van der Waals surface area contributed by atoms with E-state index in [4.69, 9.17) is 0 Å². The predicted octanol–water partition coefficient (Wildman–Crippen LogP) is 2.21. The SMILES string of the molecule is CCNC(=NCCCN1C(=O)NC(C)(CC)C1=O)NC1CCCC1.I. The van der Waals surface area contributed by atoms with Crippen LogP contribution in [0.4, 0.5) is 4.79 Å². The number of halogens is 1. The third-order valence-corrected chi connectivity index (χ3v) is 4.90. The number of urea groups is 1. The van der Waals surface area contributed by atoms with Crippen molar-refractivity contribution < 1.29 is 9.59 Å². The van der Waals surface area contributed by atoms with E-state index in [0.717, 1.165) is 12.5 Å². The normalized spacial score (nSPS) is 24.3. The van der Waals surface area contributed by atoms with Crippen molar-refractivity contribution in [1.82, 2.24) is 20.9 Å². The lowest BCUT2D eigenvalue weighted by atomic mass is 9.99. The van der Waals surface area contributed by atoms with Gasteiger partial charge in [-0.25, -0.2) is 4.79 Å². The van der Waals surface area contributed by atoms with Crippen molar-refractivity contribution in [3.05, 3.63) is 0 Å². The van der Waals surface area contributed by atoms with Crippen LogP contribution in [0.2, 0.25) is 0 Å². The van der Waals surface area contributed by atoms with Crippen LogP contribution in [0.25, 0.3) is 0 Å². The number of carbonyl (C=O) groups excluding carboxylic acids is 2. The molecule has 3 N–H and O–H groups in total. The Kier molecular flexibility index (Phi) is 8.95. The summed E-state index contributed by atoms with van der Waals surface area (Å²) in [6.07, 6.45) is 6.21. The molecule has 144 valence electrons. The van der Waals surface area contributed by atoms with Gasteiger partial charge in [0.05, 0.1) is 0 Å². The quantitative estimate of drug-likeness (QED) is 0.177. The Hall–Kier alpha value is -1.06. The number of rotatable bonds is 7. The van der Waals surface area contributed by atoms with Crippen LogP contribution in [0.1, 0.15) is 59.3 Å². The molecule has 2 rings (SSSR count). The number of hydrogen-bond acceptors (Lipinski definition) is 3. The summed E-state index contributed by atoms with van der Waals surface area (Å²) in [5, 5.41) is 9.50. The number of imide groups is 1. The minimum Gasteiger partial charge on any atom is -0.357 e. The van der Waals surface area contributed by atoms with E-state index in [1.165, 1.54) is 30.6 Å². The average Bonchev–Trinajstić information content (AvgIpc) is 3.13. The van der Waals surface area contributed by atoms with Crippen molar-refractivity contribution >= 4 is 41.9 Å². The van der Waals surface area contributed by atoms with Gasteiger partial charge in [0.15, 0.2) is 5.96 Å². The van der Waals surface area contributed by atoms with Crippen LogP contribution in [-0.4, -0.2) is 54.0 Å². The van der Waals surface area contributed by atoms with Crippen LogP contribution in [0.15, 0.2) is 4.99 Å². The number of nitrogens with one attached hydrogen (secondary N) is 3. The van der Waals surface area contributed by atoms with Crippen molar-refractivity contribution in [1.29, 1.82) is 0 Å². The van der Waals surface area contributed by atoms with Gasteiger partial charge in [0.2, 0.25) is 0 Å². The summed E-state index contributed by atoms with van der Waals surface area (Å²) < 4.78 is 0. The Morgan fingerprint density at radius 1 is 1.32 bits per heavy atom. The van der Waals surface area contributed by atoms with Gasteiger partial charge in [-0.1, -0.05) is 19.8 Å². The first-order valence-corrected chi connectivity index (χ1v) is 9.19. The van der Waals surface area contributed by atoms with Gasteiger partial charge < -0.3 is 16.0 Å². The summed E-state index contributed by atoms with van der Waals surface area (Å²) in [7, 11) is 0. The highest BCUT2D eigenvalue weighted by molar-refractivity contribution is 14.0. The fraction of sp³-hybridized carbons (Fsp3) is 0.824. The lowest BCUT2D eigenvalue weighted by molar-refractivity contribution is -0.130. The van der Waals surface area contributed by atoms with Crippen molar-refractivity contribution in [3.63, 3.8) is 0 Å².